The predicted octanol–water partition coefficient (Wildman–Crippen LogP) is 1.70. The number of nitrogens with zero attached hydrogens (tertiary/aromatic N) is 1. The first kappa shape index (κ1) is 11.0. The van der Waals surface area contributed by atoms with Gasteiger partial charge in [-0.05, 0) is 18.3 Å². The zero-order chi connectivity index (χ0) is 9.84. The zero-order valence-electron chi connectivity index (χ0n) is 9.29. The zero-order valence-corrected chi connectivity index (χ0v) is 9.29. The van der Waals surface area contributed by atoms with Gasteiger partial charge in [0.15, 0.2) is 0 Å². The Morgan fingerprint density at radius 3 is 2.69 bits per heavy atom. The monoisotopic (exact) mass is 184 g/mol. The summed E-state index contributed by atoms with van der Waals surface area (Å²) in [7, 11) is 0. The Morgan fingerprint density at radius 2 is 2.15 bits per heavy atom. The Bertz CT molecular complexity index is 137. The number of hydrogen-bond acceptors (Lipinski definition) is 2. The van der Waals surface area contributed by atoms with E-state index < -0.39 is 0 Å². The molecule has 0 amide bonds. The van der Waals surface area contributed by atoms with Crippen molar-refractivity contribution in [3.63, 3.8) is 0 Å². The minimum absolute atomic E-state index is 0.410. The average molecular weight is 184 g/mol. The third kappa shape index (κ3) is 3.65. The van der Waals surface area contributed by atoms with Gasteiger partial charge in [0.2, 0.25) is 0 Å². The molecule has 0 aromatic carbocycles. The first-order valence-corrected chi connectivity index (χ1v) is 5.59. The van der Waals surface area contributed by atoms with Crippen LogP contribution in [0.5, 0.6) is 0 Å². The van der Waals surface area contributed by atoms with Gasteiger partial charge in [-0.25, -0.2) is 0 Å². The minimum Gasteiger partial charge on any atom is -0.327 e. The van der Waals surface area contributed by atoms with Crippen LogP contribution in [0.2, 0.25) is 0 Å². The molecule has 3 unspecified atom stereocenters. The first-order chi connectivity index (χ1) is 6.11. The fourth-order valence-electron chi connectivity index (χ4n) is 2.23. The largest absolute Gasteiger partial charge is 0.327 e. The molecular weight excluding hydrogens is 160 g/mol. The smallest absolute Gasteiger partial charge is 0.0170 e. The highest BCUT2D eigenvalue weighted by molar-refractivity contribution is 4.79. The molecule has 0 bridgehead atoms. The van der Waals surface area contributed by atoms with Crippen molar-refractivity contribution in [1.82, 2.24) is 4.90 Å². The van der Waals surface area contributed by atoms with Gasteiger partial charge in [0.1, 0.15) is 0 Å². The lowest BCUT2D eigenvalue weighted by atomic mass is 9.95. The van der Waals surface area contributed by atoms with Crippen molar-refractivity contribution in [1.29, 1.82) is 0 Å². The maximum Gasteiger partial charge on any atom is 0.0170 e. The molecule has 0 aromatic heterocycles. The molecule has 0 radical (unpaired) electrons. The molecular formula is C11H24N2. The van der Waals surface area contributed by atoms with E-state index in [1.807, 2.05) is 0 Å². The van der Waals surface area contributed by atoms with Gasteiger partial charge in [0.25, 0.3) is 0 Å². The van der Waals surface area contributed by atoms with E-state index in [0.29, 0.717) is 6.04 Å². The normalized spacial score (nSPS) is 33.2. The SMILES string of the molecule is CCC(C)CN1CC(C)CC(N)C1. The van der Waals surface area contributed by atoms with Crippen LogP contribution in [0.4, 0.5) is 0 Å². The van der Waals surface area contributed by atoms with Crippen LogP contribution in [-0.4, -0.2) is 30.6 Å². The van der Waals surface area contributed by atoms with Gasteiger partial charge >= 0.3 is 0 Å². The molecule has 1 aliphatic heterocycles. The molecule has 1 fully saturated rings. The van der Waals surface area contributed by atoms with Crippen molar-refractivity contribution in [2.75, 3.05) is 19.6 Å². The second-order valence-electron chi connectivity index (χ2n) is 4.83. The molecule has 2 nitrogen and oxygen atoms in total. The number of rotatable bonds is 3. The second-order valence-corrected chi connectivity index (χ2v) is 4.83. The third-order valence-electron chi connectivity index (χ3n) is 3.03. The summed E-state index contributed by atoms with van der Waals surface area (Å²) >= 11 is 0. The van der Waals surface area contributed by atoms with Gasteiger partial charge in [0.05, 0.1) is 0 Å². The van der Waals surface area contributed by atoms with Crippen molar-refractivity contribution in [3.05, 3.63) is 0 Å². The standard InChI is InChI=1S/C11H24N2/c1-4-9(2)6-13-7-10(3)5-11(12)8-13/h9-11H,4-8,12H2,1-3H3. The number of nitrogens with two attached hydrogens (primary N) is 1. The van der Waals surface area contributed by atoms with Crippen molar-refractivity contribution in [3.8, 4) is 0 Å². The molecule has 1 saturated heterocycles. The van der Waals surface area contributed by atoms with Gasteiger partial charge < -0.3 is 10.6 Å². The maximum absolute atomic E-state index is 5.99. The van der Waals surface area contributed by atoms with Crippen molar-refractivity contribution in [2.45, 2.75) is 39.7 Å². The Balaban J connectivity index is 2.32. The van der Waals surface area contributed by atoms with Crippen molar-refractivity contribution >= 4 is 0 Å². The van der Waals surface area contributed by atoms with Crippen LogP contribution in [0, 0.1) is 11.8 Å². The molecule has 0 spiro atoms. The first-order valence-electron chi connectivity index (χ1n) is 5.59. The van der Waals surface area contributed by atoms with E-state index in [1.54, 1.807) is 0 Å². The molecule has 0 aromatic rings. The average Bonchev–Trinajstić information content (AvgIpc) is 2.02. The number of hydrogen-bond donors (Lipinski definition) is 1. The van der Waals surface area contributed by atoms with Crippen molar-refractivity contribution < 1.29 is 0 Å². The number of piperidine rings is 1. The summed E-state index contributed by atoms with van der Waals surface area (Å²) in [5.74, 6) is 1.60. The summed E-state index contributed by atoms with van der Waals surface area (Å²) in [5, 5.41) is 0. The molecule has 1 rings (SSSR count). The molecule has 1 heterocycles. The topological polar surface area (TPSA) is 29.3 Å². The summed E-state index contributed by atoms with van der Waals surface area (Å²) in [6, 6.07) is 0.410. The quantitative estimate of drug-likeness (QED) is 0.723. The van der Waals surface area contributed by atoms with Crippen LogP contribution >= 0.6 is 0 Å². The summed E-state index contributed by atoms with van der Waals surface area (Å²) in [6.07, 6.45) is 2.48. The number of likely N-dealkylation sites (tertiary alicyclic amines) is 1. The highest BCUT2D eigenvalue weighted by Gasteiger charge is 2.22. The van der Waals surface area contributed by atoms with Gasteiger partial charge in [-0.15, -0.1) is 0 Å². The van der Waals surface area contributed by atoms with Crippen LogP contribution in [0.1, 0.15) is 33.6 Å². The molecule has 78 valence electrons. The summed E-state index contributed by atoms with van der Waals surface area (Å²) < 4.78 is 0. The second kappa shape index (κ2) is 4.97. The van der Waals surface area contributed by atoms with Crippen LogP contribution in [-0.2, 0) is 0 Å². The summed E-state index contributed by atoms with van der Waals surface area (Å²) in [6.45, 7) is 10.5. The Morgan fingerprint density at radius 1 is 1.46 bits per heavy atom. The van der Waals surface area contributed by atoms with E-state index in [1.165, 1.54) is 25.9 Å². The van der Waals surface area contributed by atoms with Gasteiger partial charge in [-0.2, -0.15) is 0 Å². The molecule has 1 aliphatic rings. The van der Waals surface area contributed by atoms with E-state index in [2.05, 4.69) is 25.7 Å². The van der Waals surface area contributed by atoms with Crippen LogP contribution in [0.15, 0.2) is 0 Å². The van der Waals surface area contributed by atoms with E-state index in [9.17, 15) is 0 Å². The molecule has 2 N–H and O–H groups in total. The summed E-state index contributed by atoms with van der Waals surface area (Å²) in [4.78, 5) is 2.53. The Kier molecular flexibility index (Phi) is 4.20. The lowest BCUT2D eigenvalue weighted by molar-refractivity contribution is 0.146. The molecule has 2 heteroatoms. The highest BCUT2D eigenvalue weighted by Crippen LogP contribution is 2.16. The van der Waals surface area contributed by atoms with Crippen LogP contribution in [0.25, 0.3) is 0 Å². The Hall–Kier alpha value is -0.0800. The lowest BCUT2D eigenvalue weighted by Gasteiger charge is -2.36. The van der Waals surface area contributed by atoms with E-state index in [4.69, 9.17) is 5.73 Å². The van der Waals surface area contributed by atoms with E-state index >= 15 is 0 Å². The van der Waals surface area contributed by atoms with Gasteiger partial charge in [-0.3, -0.25) is 0 Å². The van der Waals surface area contributed by atoms with Crippen LogP contribution in [0.3, 0.4) is 0 Å². The molecule has 13 heavy (non-hydrogen) atoms. The van der Waals surface area contributed by atoms with Crippen LogP contribution < -0.4 is 5.73 Å². The summed E-state index contributed by atoms with van der Waals surface area (Å²) in [5.41, 5.74) is 5.99. The lowest BCUT2D eigenvalue weighted by Crippen LogP contribution is -2.47. The van der Waals surface area contributed by atoms with E-state index in [-0.39, 0.29) is 0 Å². The third-order valence-corrected chi connectivity index (χ3v) is 3.03. The predicted molar refractivity (Wildman–Crippen MR) is 57.7 cm³/mol. The molecule has 0 aliphatic carbocycles. The molecule has 0 saturated carbocycles. The fraction of sp³-hybridized carbons (Fsp3) is 1.00. The van der Waals surface area contributed by atoms with Gasteiger partial charge in [0, 0.05) is 25.7 Å². The minimum atomic E-state index is 0.410. The fourth-order valence-corrected chi connectivity index (χ4v) is 2.23. The Labute approximate surface area is 82.5 Å². The van der Waals surface area contributed by atoms with Crippen molar-refractivity contribution in [2.24, 2.45) is 17.6 Å². The molecule has 3 atom stereocenters. The van der Waals surface area contributed by atoms with E-state index in [0.717, 1.165) is 18.4 Å². The van der Waals surface area contributed by atoms with Gasteiger partial charge in [-0.1, -0.05) is 27.2 Å². The highest BCUT2D eigenvalue weighted by atomic mass is 15.1. The maximum atomic E-state index is 5.99.